The van der Waals surface area contributed by atoms with Gasteiger partial charge in [0.15, 0.2) is 0 Å². The molecule has 1 rings (SSSR count). The number of H-pyrrole nitrogens is 1. The van der Waals surface area contributed by atoms with E-state index < -0.39 is 0 Å². The predicted molar refractivity (Wildman–Crippen MR) is 34.8 cm³/mol. The van der Waals surface area contributed by atoms with Crippen molar-refractivity contribution in [2.24, 2.45) is 0 Å². The Kier molecular flexibility index (Phi) is 1.33. The normalized spacial score (nSPS) is 10.4. The van der Waals surface area contributed by atoms with Crippen LogP contribution in [0, 0.1) is 0 Å². The van der Waals surface area contributed by atoms with E-state index in [0.717, 1.165) is 0 Å². The molecule has 0 atom stereocenters. The Bertz CT molecular complexity index is 146. The second kappa shape index (κ2) is 1.99. The second-order valence-corrected chi connectivity index (χ2v) is 2.16. The van der Waals surface area contributed by atoms with Gasteiger partial charge in [-0.3, -0.25) is 0 Å². The number of hydrogen-bond donors (Lipinski definition) is 1. The van der Waals surface area contributed by atoms with Crippen molar-refractivity contribution >= 4 is 0 Å². The third kappa shape index (κ3) is 0.886. The molecule has 0 aliphatic carbocycles. The van der Waals surface area contributed by atoms with E-state index in [4.69, 9.17) is 0 Å². The van der Waals surface area contributed by atoms with Crippen LogP contribution >= 0.6 is 0 Å². The summed E-state index contributed by atoms with van der Waals surface area (Å²) in [7, 11) is 0. The fourth-order valence-electron chi connectivity index (χ4n) is 0.582. The van der Waals surface area contributed by atoms with E-state index in [-0.39, 0.29) is 1.43 Å². The van der Waals surface area contributed by atoms with Crippen molar-refractivity contribution in [2.45, 2.75) is 19.8 Å². The van der Waals surface area contributed by atoms with Crippen molar-refractivity contribution in [3.05, 3.63) is 18.2 Å². The Morgan fingerprint density at radius 1 is 1.75 bits per heavy atom. The Balaban J connectivity index is 0.000000640. The molecule has 1 N–H and O–H groups in total. The van der Waals surface area contributed by atoms with Crippen LogP contribution in [0.3, 0.4) is 0 Å². The number of nitrogens with zero attached hydrogens (tertiary/aromatic N) is 1. The molecule has 0 saturated heterocycles. The highest BCUT2D eigenvalue weighted by Gasteiger charge is 1.95. The molecule has 0 aliphatic heterocycles. The van der Waals surface area contributed by atoms with E-state index in [2.05, 4.69) is 23.8 Å². The molecule has 1 aromatic heterocycles. The van der Waals surface area contributed by atoms with Crippen LogP contribution in [0.1, 0.15) is 26.9 Å². The van der Waals surface area contributed by atoms with Crippen LogP contribution in [-0.4, -0.2) is 9.97 Å². The Hall–Kier alpha value is -0.790. The smallest absolute Gasteiger partial charge is 0.0921 e. The highest BCUT2D eigenvalue weighted by molar-refractivity contribution is 4.99. The van der Waals surface area contributed by atoms with Crippen molar-refractivity contribution in [1.29, 1.82) is 0 Å². The van der Waals surface area contributed by atoms with Gasteiger partial charge in [0.2, 0.25) is 0 Å². The van der Waals surface area contributed by atoms with Crippen LogP contribution in [0.15, 0.2) is 12.5 Å². The molecule has 0 unspecified atom stereocenters. The standard InChI is InChI=1S/C6H10N2.H2/c1-5(2)6-3-7-4-8-6;/h3-5H,1-2H3,(H,7,8);1H. The molecule has 0 radical (unpaired) electrons. The maximum atomic E-state index is 3.89. The minimum Gasteiger partial charge on any atom is -0.348 e. The van der Waals surface area contributed by atoms with Gasteiger partial charge in [0.25, 0.3) is 0 Å². The maximum absolute atomic E-state index is 3.89. The lowest BCUT2D eigenvalue weighted by Gasteiger charge is -1.95. The van der Waals surface area contributed by atoms with Crippen LogP contribution in [0.25, 0.3) is 0 Å². The van der Waals surface area contributed by atoms with Crippen LogP contribution in [0.5, 0.6) is 0 Å². The average molecular weight is 112 g/mol. The molecule has 0 aromatic carbocycles. The predicted octanol–water partition coefficient (Wildman–Crippen LogP) is 1.78. The lowest BCUT2D eigenvalue weighted by Crippen LogP contribution is -1.84. The average Bonchev–Trinajstić information content (AvgIpc) is 2.12. The molecule has 0 spiro atoms. The Labute approximate surface area is 50.4 Å². The van der Waals surface area contributed by atoms with Crippen molar-refractivity contribution in [3.63, 3.8) is 0 Å². The first-order chi connectivity index (χ1) is 3.80. The topological polar surface area (TPSA) is 28.7 Å². The number of imidazole rings is 1. The molecule has 8 heavy (non-hydrogen) atoms. The van der Waals surface area contributed by atoms with Gasteiger partial charge in [0.05, 0.1) is 6.33 Å². The summed E-state index contributed by atoms with van der Waals surface area (Å²) in [6, 6.07) is 0. The fraction of sp³-hybridized carbons (Fsp3) is 0.500. The third-order valence-electron chi connectivity index (χ3n) is 1.14. The number of aromatic amines is 1. The van der Waals surface area contributed by atoms with Gasteiger partial charge in [-0.2, -0.15) is 0 Å². The molecule has 2 nitrogen and oxygen atoms in total. The number of aromatic nitrogens is 2. The van der Waals surface area contributed by atoms with E-state index in [1.54, 1.807) is 6.33 Å². The van der Waals surface area contributed by atoms with Crippen LogP contribution in [0.4, 0.5) is 0 Å². The van der Waals surface area contributed by atoms with E-state index in [0.29, 0.717) is 5.92 Å². The zero-order valence-electron chi connectivity index (χ0n) is 5.18. The van der Waals surface area contributed by atoms with E-state index in [9.17, 15) is 0 Å². The van der Waals surface area contributed by atoms with Gasteiger partial charge >= 0.3 is 0 Å². The summed E-state index contributed by atoms with van der Waals surface area (Å²) in [6.45, 7) is 4.26. The zero-order chi connectivity index (χ0) is 5.98. The first kappa shape index (κ1) is 5.35. The van der Waals surface area contributed by atoms with Gasteiger partial charge < -0.3 is 4.98 Å². The molecular formula is C6H12N2. The molecule has 2 heteroatoms. The lowest BCUT2D eigenvalue weighted by molar-refractivity contribution is 0.832. The molecule has 46 valence electrons. The largest absolute Gasteiger partial charge is 0.348 e. The zero-order valence-corrected chi connectivity index (χ0v) is 5.18. The monoisotopic (exact) mass is 112 g/mol. The molecule has 1 aromatic rings. The molecule has 0 bridgehead atoms. The number of rotatable bonds is 1. The summed E-state index contributed by atoms with van der Waals surface area (Å²) in [5.41, 5.74) is 1.20. The van der Waals surface area contributed by atoms with Gasteiger partial charge in [-0.1, -0.05) is 13.8 Å². The van der Waals surface area contributed by atoms with E-state index >= 15 is 0 Å². The van der Waals surface area contributed by atoms with Gasteiger partial charge in [-0.15, -0.1) is 0 Å². The van der Waals surface area contributed by atoms with Crippen molar-refractivity contribution in [1.82, 2.24) is 9.97 Å². The highest BCUT2D eigenvalue weighted by Crippen LogP contribution is 2.07. The fourth-order valence-corrected chi connectivity index (χ4v) is 0.582. The summed E-state index contributed by atoms with van der Waals surface area (Å²) in [5, 5.41) is 0. The van der Waals surface area contributed by atoms with Crippen LogP contribution in [-0.2, 0) is 0 Å². The van der Waals surface area contributed by atoms with Gasteiger partial charge in [-0.25, -0.2) is 4.98 Å². The molecule has 0 amide bonds. The summed E-state index contributed by atoms with van der Waals surface area (Å²) in [6.07, 6.45) is 3.56. The first-order valence-electron chi connectivity index (χ1n) is 2.79. The summed E-state index contributed by atoms with van der Waals surface area (Å²) in [4.78, 5) is 6.91. The third-order valence-corrected chi connectivity index (χ3v) is 1.14. The molecule has 0 aliphatic rings. The molecule has 0 saturated carbocycles. The molecular weight excluding hydrogens is 100 g/mol. The summed E-state index contributed by atoms with van der Waals surface area (Å²) >= 11 is 0. The number of hydrogen-bond acceptors (Lipinski definition) is 1. The van der Waals surface area contributed by atoms with Gasteiger partial charge in [-0.05, 0) is 5.92 Å². The molecule has 1 heterocycles. The molecule has 0 fully saturated rings. The van der Waals surface area contributed by atoms with E-state index in [1.165, 1.54) is 5.69 Å². The quantitative estimate of drug-likeness (QED) is 0.589. The minimum absolute atomic E-state index is 0. The highest BCUT2D eigenvalue weighted by atomic mass is 14.9. The van der Waals surface area contributed by atoms with Crippen molar-refractivity contribution < 1.29 is 1.43 Å². The van der Waals surface area contributed by atoms with Gasteiger partial charge in [0, 0.05) is 13.3 Å². The van der Waals surface area contributed by atoms with E-state index in [1.807, 2.05) is 6.20 Å². The van der Waals surface area contributed by atoms with Gasteiger partial charge in [0.1, 0.15) is 0 Å². The summed E-state index contributed by atoms with van der Waals surface area (Å²) in [5.74, 6) is 0.567. The Morgan fingerprint density at radius 3 is 2.75 bits per heavy atom. The van der Waals surface area contributed by atoms with Crippen LogP contribution < -0.4 is 0 Å². The minimum atomic E-state index is 0. The first-order valence-corrected chi connectivity index (χ1v) is 2.79. The summed E-state index contributed by atoms with van der Waals surface area (Å²) < 4.78 is 0. The Morgan fingerprint density at radius 2 is 2.50 bits per heavy atom. The van der Waals surface area contributed by atoms with Crippen molar-refractivity contribution in [2.75, 3.05) is 0 Å². The number of nitrogens with one attached hydrogen (secondary N) is 1. The van der Waals surface area contributed by atoms with Crippen molar-refractivity contribution in [3.8, 4) is 0 Å². The van der Waals surface area contributed by atoms with Crippen LogP contribution in [0.2, 0.25) is 0 Å². The maximum Gasteiger partial charge on any atom is 0.0921 e. The lowest BCUT2D eigenvalue weighted by atomic mass is 10.2. The SMILES string of the molecule is CC(C)c1cnc[nH]1.[HH]. The second-order valence-electron chi connectivity index (χ2n) is 2.16.